The first-order valence-corrected chi connectivity index (χ1v) is 6.99. The Kier molecular flexibility index (Phi) is 7.85. The summed E-state index contributed by atoms with van der Waals surface area (Å²) in [6.07, 6.45) is 0.589. The predicted molar refractivity (Wildman–Crippen MR) is 79.4 cm³/mol. The molecule has 6 heteroatoms. The molecule has 5 nitrogen and oxygen atoms in total. The molecule has 0 saturated carbocycles. The van der Waals surface area contributed by atoms with Gasteiger partial charge in [-0.3, -0.25) is 0 Å². The third kappa shape index (κ3) is 6.64. The van der Waals surface area contributed by atoms with Crippen molar-refractivity contribution in [2.24, 2.45) is 0 Å². The van der Waals surface area contributed by atoms with E-state index in [0.717, 1.165) is 0 Å². The van der Waals surface area contributed by atoms with Crippen molar-refractivity contribution < 1.29 is 23.3 Å². The van der Waals surface area contributed by atoms with Crippen LogP contribution in [0.1, 0.15) is 20.3 Å². The minimum absolute atomic E-state index is 0.120. The molecule has 120 valence electrons. The molecule has 1 aromatic carbocycles. The highest BCUT2D eigenvalue weighted by atomic mass is 19.1. The molecule has 0 aromatic heterocycles. The molecule has 0 bridgehead atoms. The summed E-state index contributed by atoms with van der Waals surface area (Å²) < 4.78 is 34.7. The molecular weight excluding hydrogens is 277 g/mol. The summed E-state index contributed by atoms with van der Waals surface area (Å²) in [7, 11) is 1.63. The van der Waals surface area contributed by atoms with Gasteiger partial charge in [0.2, 0.25) is 0 Å². The molecule has 0 amide bonds. The normalized spacial score (nSPS) is 10.9. The Morgan fingerprint density at radius 3 is 2.52 bits per heavy atom. The first kappa shape index (κ1) is 17.5. The van der Waals surface area contributed by atoms with E-state index in [1.807, 2.05) is 13.8 Å². The number of hydrogen-bond acceptors (Lipinski definition) is 5. The summed E-state index contributed by atoms with van der Waals surface area (Å²) in [6, 6.07) is 2.69. The lowest BCUT2D eigenvalue weighted by molar-refractivity contribution is 0.0644. The SMILES string of the molecule is COCCOCCCOc1cc(OC(C)C)c(F)cc1N. The largest absolute Gasteiger partial charge is 0.491 e. The summed E-state index contributed by atoms with van der Waals surface area (Å²) >= 11 is 0. The maximum absolute atomic E-state index is 13.7. The molecule has 1 aromatic rings. The van der Waals surface area contributed by atoms with Gasteiger partial charge in [-0.05, 0) is 13.8 Å². The molecule has 0 aliphatic carbocycles. The van der Waals surface area contributed by atoms with Crippen LogP contribution in [0.3, 0.4) is 0 Å². The summed E-state index contributed by atoms with van der Waals surface area (Å²) in [5.74, 6) is 0.0749. The van der Waals surface area contributed by atoms with Crippen molar-refractivity contribution >= 4 is 5.69 Å². The number of rotatable bonds is 10. The first-order chi connectivity index (χ1) is 10.0. The molecule has 1 rings (SSSR count). The molecule has 0 fully saturated rings. The van der Waals surface area contributed by atoms with Crippen LogP contribution in [0.5, 0.6) is 11.5 Å². The van der Waals surface area contributed by atoms with E-state index in [4.69, 9.17) is 24.7 Å². The Hall–Kier alpha value is -1.53. The van der Waals surface area contributed by atoms with E-state index < -0.39 is 5.82 Å². The molecule has 0 aliphatic heterocycles. The molecule has 0 atom stereocenters. The number of methoxy groups -OCH3 is 1. The van der Waals surface area contributed by atoms with Crippen molar-refractivity contribution in [1.29, 1.82) is 0 Å². The molecule has 0 saturated heterocycles. The first-order valence-electron chi connectivity index (χ1n) is 6.99. The van der Waals surface area contributed by atoms with Crippen LogP contribution < -0.4 is 15.2 Å². The monoisotopic (exact) mass is 301 g/mol. The van der Waals surface area contributed by atoms with E-state index in [2.05, 4.69) is 0 Å². The average molecular weight is 301 g/mol. The van der Waals surface area contributed by atoms with E-state index in [-0.39, 0.29) is 17.5 Å². The Morgan fingerprint density at radius 2 is 1.86 bits per heavy atom. The van der Waals surface area contributed by atoms with Crippen molar-refractivity contribution in [1.82, 2.24) is 0 Å². The second-order valence-electron chi connectivity index (χ2n) is 4.79. The van der Waals surface area contributed by atoms with E-state index in [9.17, 15) is 4.39 Å². The van der Waals surface area contributed by atoms with Gasteiger partial charge in [0.05, 0.1) is 31.6 Å². The highest BCUT2D eigenvalue weighted by Crippen LogP contribution is 2.30. The number of benzene rings is 1. The Labute approximate surface area is 125 Å². The van der Waals surface area contributed by atoms with Crippen LogP contribution in [0, 0.1) is 5.82 Å². The van der Waals surface area contributed by atoms with Crippen molar-refractivity contribution in [3.63, 3.8) is 0 Å². The zero-order valence-corrected chi connectivity index (χ0v) is 12.9. The molecule has 21 heavy (non-hydrogen) atoms. The topological polar surface area (TPSA) is 62.9 Å². The molecular formula is C15H24FNO4. The van der Waals surface area contributed by atoms with Crippen molar-refractivity contribution in [3.05, 3.63) is 17.9 Å². The maximum atomic E-state index is 13.7. The van der Waals surface area contributed by atoms with Crippen LogP contribution in [-0.4, -0.2) is 39.6 Å². The minimum atomic E-state index is -0.489. The van der Waals surface area contributed by atoms with Gasteiger partial charge in [-0.2, -0.15) is 0 Å². The predicted octanol–water partition coefficient (Wildman–Crippen LogP) is 2.63. The second kappa shape index (κ2) is 9.41. The lowest BCUT2D eigenvalue weighted by Crippen LogP contribution is -2.09. The van der Waals surface area contributed by atoms with E-state index in [1.165, 1.54) is 12.1 Å². The van der Waals surface area contributed by atoms with E-state index >= 15 is 0 Å². The van der Waals surface area contributed by atoms with Crippen LogP contribution in [0.15, 0.2) is 12.1 Å². The standard InChI is InChI=1S/C15H24FNO4/c1-11(2)21-14-10-15(13(17)9-12(14)16)20-6-4-5-19-8-7-18-3/h9-11H,4-8,17H2,1-3H3. The molecule has 0 spiro atoms. The Balaban J connectivity index is 2.43. The number of halogens is 1. The highest BCUT2D eigenvalue weighted by Gasteiger charge is 2.11. The lowest BCUT2D eigenvalue weighted by Gasteiger charge is -2.14. The second-order valence-corrected chi connectivity index (χ2v) is 4.79. The number of ether oxygens (including phenoxy) is 4. The van der Waals surface area contributed by atoms with Gasteiger partial charge in [0.25, 0.3) is 0 Å². The zero-order valence-electron chi connectivity index (χ0n) is 12.9. The molecule has 0 aliphatic rings. The highest BCUT2D eigenvalue weighted by molar-refractivity contribution is 5.56. The fourth-order valence-electron chi connectivity index (χ4n) is 1.61. The minimum Gasteiger partial charge on any atom is -0.491 e. The molecule has 0 unspecified atom stereocenters. The number of nitrogen functional groups attached to an aromatic ring is 1. The fourth-order valence-corrected chi connectivity index (χ4v) is 1.61. The molecule has 2 N–H and O–H groups in total. The molecule has 0 heterocycles. The Morgan fingerprint density at radius 1 is 1.10 bits per heavy atom. The quantitative estimate of drug-likeness (QED) is 0.531. The third-order valence-electron chi connectivity index (χ3n) is 2.55. The van der Waals surface area contributed by atoms with Gasteiger partial charge in [-0.25, -0.2) is 4.39 Å². The number of hydrogen-bond donors (Lipinski definition) is 1. The van der Waals surface area contributed by atoms with Crippen LogP contribution in [0.2, 0.25) is 0 Å². The van der Waals surface area contributed by atoms with Crippen LogP contribution in [0.4, 0.5) is 10.1 Å². The molecule has 0 radical (unpaired) electrons. The van der Waals surface area contributed by atoms with Crippen molar-refractivity contribution in [3.8, 4) is 11.5 Å². The smallest absolute Gasteiger partial charge is 0.167 e. The van der Waals surface area contributed by atoms with Crippen LogP contribution >= 0.6 is 0 Å². The van der Waals surface area contributed by atoms with Gasteiger partial charge >= 0.3 is 0 Å². The summed E-state index contributed by atoms with van der Waals surface area (Å²) in [5, 5.41) is 0. The van der Waals surface area contributed by atoms with Gasteiger partial charge in [0, 0.05) is 32.3 Å². The van der Waals surface area contributed by atoms with Crippen LogP contribution in [-0.2, 0) is 9.47 Å². The average Bonchev–Trinajstić information content (AvgIpc) is 2.42. The Bertz CT molecular complexity index is 426. The van der Waals surface area contributed by atoms with Crippen LogP contribution in [0.25, 0.3) is 0 Å². The van der Waals surface area contributed by atoms with Gasteiger partial charge in [-0.1, -0.05) is 0 Å². The van der Waals surface area contributed by atoms with Gasteiger partial charge in [0.1, 0.15) is 5.75 Å². The summed E-state index contributed by atoms with van der Waals surface area (Å²) in [6.45, 7) is 5.79. The zero-order chi connectivity index (χ0) is 15.7. The van der Waals surface area contributed by atoms with Gasteiger partial charge < -0.3 is 24.7 Å². The fraction of sp³-hybridized carbons (Fsp3) is 0.600. The summed E-state index contributed by atoms with van der Waals surface area (Å²) in [4.78, 5) is 0. The third-order valence-corrected chi connectivity index (χ3v) is 2.55. The van der Waals surface area contributed by atoms with E-state index in [1.54, 1.807) is 7.11 Å². The lowest BCUT2D eigenvalue weighted by atomic mass is 10.2. The van der Waals surface area contributed by atoms with Crippen molar-refractivity contribution in [2.75, 3.05) is 39.3 Å². The van der Waals surface area contributed by atoms with Gasteiger partial charge in [0.15, 0.2) is 11.6 Å². The summed E-state index contributed by atoms with van der Waals surface area (Å²) in [5.41, 5.74) is 5.99. The van der Waals surface area contributed by atoms with Gasteiger partial charge in [-0.15, -0.1) is 0 Å². The number of nitrogens with two attached hydrogens (primary N) is 1. The van der Waals surface area contributed by atoms with Crippen molar-refractivity contribution in [2.45, 2.75) is 26.4 Å². The number of anilines is 1. The maximum Gasteiger partial charge on any atom is 0.167 e. The van der Waals surface area contributed by atoms with E-state index in [0.29, 0.717) is 38.6 Å².